The second-order valence-electron chi connectivity index (χ2n) is 4.69. The highest BCUT2D eigenvalue weighted by atomic mass is 32.1. The molecule has 0 saturated heterocycles. The minimum absolute atomic E-state index is 0.101. The molecule has 102 valence electrons. The van der Waals surface area contributed by atoms with Gasteiger partial charge in [0.15, 0.2) is 0 Å². The number of hydrogen-bond acceptors (Lipinski definition) is 4. The van der Waals surface area contributed by atoms with Crippen molar-refractivity contribution in [2.24, 2.45) is 5.73 Å². The zero-order chi connectivity index (χ0) is 14.0. The van der Waals surface area contributed by atoms with Crippen LogP contribution in [-0.2, 0) is 17.6 Å². The van der Waals surface area contributed by atoms with E-state index in [2.05, 4.69) is 15.6 Å². The van der Waals surface area contributed by atoms with E-state index in [9.17, 15) is 4.79 Å². The van der Waals surface area contributed by atoms with Crippen molar-refractivity contribution in [3.8, 4) is 0 Å². The Hall–Kier alpha value is -1.69. The molecule has 0 radical (unpaired) electrons. The number of amides is 1. The lowest BCUT2D eigenvalue weighted by Crippen LogP contribution is -2.36. The molecule has 19 heavy (non-hydrogen) atoms. The van der Waals surface area contributed by atoms with Crippen LogP contribution in [0, 0.1) is 0 Å². The molecule has 1 aliphatic carbocycles. The predicted octanol–water partition coefficient (Wildman–Crippen LogP) is 0.751. The third kappa shape index (κ3) is 2.84. The molecule has 0 fully saturated rings. The van der Waals surface area contributed by atoms with Crippen LogP contribution in [0.1, 0.15) is 30.2 Å². The van der Waals surface area contributed by atoms with Gasteiger partial charge in [-0.05, 0) is 37.8 Å². The SMILES string of the molecule is CNC(=O)C(C)Nc1nc2c(cc1C(N)=S)CCC2. The number of thiocarbonyl (C=S) groups is 1. The van der Waals surface area contributed by atoms with Crippen LogP contribution in [-0.4, -0.2) is 29.0 Å². The van der Waals surface area contributed by atoms with Gasteiger partial charge in [-0.2, -0.15) is 0 Å². The van der Waals surface area contributed by atoms with E-state index in [0.29, 0.717) is 16.4 Å². The maximum Gasteiger partial charge on any atom is 0.241 e. The number of nitrogens with two attached hydrogens (primary N) is 1. The Kier molecular flexibility index (Phi) is 3.99. The van der Waals surface area contributed by atoms with Crippen molar-refractivity contribution >= 4 is 28.9 Å². The summed E-state index contributed by atoms with van der Waals surface area (Å²) in [5.74, 6) is 0.500. The first-order chi connectivity index (χ1) is 9.02. The Morgan fingerprint density at radius 3 is 2.89 bits per heavy atom. The first-order valence-electron chi connectivity index (χ1n) is 6.33. The first kappa shape index (κ1) is 13.7. The largest absolute Gasteiger partial charge is 0.389 e. The third-order valence-electron chi connectivity index (χ3n) is 3.31. The number of nitrogens with zero attached hydrogens (tertiary/aromatic N) is 1. The number of pyridine rings is 1. The number of likely N-dealkylation sites (N-methyl/N-ethyl adjacent to an activating group) is 1. The lowest BCUT2D eigenvalue weighted by Gasteiger charge is -2.17. The number of fused-ring (bicyclic) bond motifs is 1. The van der Waals surface area contributed by atoms with Gasteiger partial charge < -0.3 is 16.4 Å². The van der Waals surface area contributed by atoms with E-state index in [1.165, 1.54) is 5.56 Å². The fraction of sp³-hybridized carbons (Fsp3) is 0.462. The van der Waals surface area contributed by atoms with Gasteiger partial charge in [-0.3, -0.25) is 4.79 Å². The summed E-state index contributed by atoms with van der Waals surface area (Å²) < 4.78 is 0. The van der Waals surface area contributed by atoms with Crippen LogP contribution >= 0.6 is 12.2 Å². The molecule has 1 unspecified atom stereocenters. The summed E-state index contributed by atoms with van der Waals surface area (Å²) in [6, 6.07) is 1.61. The Morgan fingerprint density at radius 1 is 1.53 bits per heavy atom. The molecular weight excluding hydrogens is 260 g/mol. The number of rotatable bonds is 4. The number of aromatic nitrogens is 1. The van der Waals surface area contributed by atoms with Gasteiger partial charge in [0.1, 0.15) is 16.8 Å². The average molecular weight is 278 g/mol. The van der Waals surface area contributed by atoms with Crippen molar-refractivity contribution in [3.05, 3.63) is 22.9 Å². The number of aryl methyl sites for hydroxylation is 2. The number of carbonyl (C=O) groups excluding carboxylic acids is 1. The second kappa shape index (κ2) is 5.52. The quantitative estimate of drug-likeness (QED) is 0.708. The van der Waals surface area contributed by atoms with E-state index >= 15 is 0 Å². The minimum atomic E-state index is -0.384. The van der Waals surface area contributed by atoms with E-state index in [-0.39, 0.29) is 11.9 Å². The molecule has 1 aliphatic rings. The van der Waals surface area contributed by atoms with Gasteiger partial charge in [0, 0.05) is 12.7 Å². The molecule has 0 spiro atoms. The number of hydrogen-bond donors (Lipinski definition) is 3. The summed E-state index contributed by atoms with van der Waals surface area (Å²) in [4.78, 5) is 16.4. The summed E-state index contributed by atoms with van der Waals surface area (Å²) >= 11 is 5.06. The van der Waals surface area contributed by atoms with Gasteiger partial charge in [-0.25, -0.2) is 4.98 Å². The fourth-order valence-corrected chi connectivity index (χ4v) is 2.41. The topological polar surface area (TPSA) is 80.0 Å². The van der Waals surface area contributed by atoms with Crippen LogP contribution in [0.2, 0.25) is 0 Å². The van der Waals surface area contributed by atoms with Crippen molar-refractivity contribution in [1.29, 1.82) is 0 Å². The average Bonchev–Trinajstić information content (AvgIpc) is 2.83. The van der Waals surface area contributed by atoms with Gasteiger partial charge >= 0.3 is 0 Å². The van der Waals surface area contributed by atoms with Crippen LogP contribution in [0.25, 0.3) is 0 Å². The summed E-state index contributed by atoms with van der Waals surface area (Å²) in [5.41, 5.74) is 8.74. The van der Waals surface area contributed by atoms with E-state index < -0.39 is 0 Å². The lowest BCUT2D eigenvalue weighted by molar-refractivity contribution is -0.121. The molecule has 1 heterocycles. The van der Waals surface area contributed by atoms with Crippen molar-refractivity contribution in [3.63, 3.8) is 0 Å². The second-order valence-corrected chi connectivity index (χ2v) is 5.13. The van der Waals surface area contributed by atoms with Gasteiger partial charge in [-0.15, -0.1) is 0 Å². The maximum absolute atomic E-state index is 11.6. The Labute approximate surface area is 118 Å². The first-order valence-corrected chi connectivity index (χ1v) is 6.74. The van der Waals surface area contributed by atoms with Crippen LogP contribution in [0.3, 0.4) is 0 Å². The lowest BCUT2D eigenvalue weighted by atomic mass is 10.1. The van der Waals surface area contributed by atoms with Crippen LogP contribution in [0.4, 0.5) is 5.82 Å². The highest BCUT2D eigenvalue weighted by Crippen LogP contribution is 2.25. The fourth-order valence-electron chi connectivity index (χ4n) is 2.26. The zero-order valence-corrected chi connectivity index (χ0v) is 11.9. The maximum atomic E-state index is 11.6. The zero-order valence-electron chi connectivity index (χ0n) is 11.1. The molecule has 4 N–H and O–H groups in total. The van der Waals surface area contributed by atoms with Gasteiger partial charge in [-0.1, -0.05) is 12.2 Å². The van der Waals surface area contributed by atoms with Crippen LogP contribution in [0.15, 0.2) is 6.07 Å². The molecule has 1 amide bonds. The van der Waals surface area contributed by atoms with Crippen molar-refractivity contribution < 1.29 is 4.79 Å². The molecule has 6 heteroatoms. The number of carbonyl (C=O) groups is 1. The molecule has 0 saturated carbocycles. The molecular formula is C13H18N4OS. The highest BCUT2D eigenvalue weighted by Gasteiger charge is 2.20. The summed E-state index contributed by atoms with van der Waals surface area (Å²) in [7, 11) is 1.60. The van der Waals surface area contributed by atoms with Crippen LogP contribution in [0.5, 0.6) is 0 Å². The summed E-state index contributed by atoms with van der Waals surface area (Å²) in [5, 5.41) is 5.67. The predicted molar refractivity (Wildman–Crippen MR) is 79.3 cm³/mol. The van der Waals surface area contributed by atoms with Crippen LogP contribution < -0.4 is 16.4 Å². The van der Waals surface area contributed by atoms with Gasteiger partial charge in [0.05, 0.1) is 5.56 Å². The highest BCUT2D eigenvalue weighted by molar-refractivity contribution is 7.80. The summed E-state index contributed by atoms with van der Waals surface area (Å²) in [6.07, 6.45) is 3.09. The third-order valence-corrected chi connectivity index (χ3v) is 3.53. The van der Waals surface area contributed by atoms with E-state index in [0.717, 1.165) is 25.0 Å². The summed E-state index contributed by atoms with van der Waals surface area (Å²) in [6.45, 7) is 1.77. The van der Waals surface area contributed by atoms with Gasteiger partial charge in [0.25, 0.3) is 0 Å². The Balaban J connectivity index is 2.33. The van der Waals surface area contributed by atoms with E-state index in [1.54, 1.807) is 14.0 Å². The number of anilines is 1. The molecule has 0 bridgehead atoms. The van der Waals surface area contributed by atoms with Gasteiger partial charge in [0.2, 0.25) is 5.91 Å². The molecule has 5 nitrogen and oxygen atoms in total. The number of nitrogens with one attached hydrogen (secondary N) is 2. The van der Waals surface area contributed by atoms with Crippen molar-refractivity contribution in [2.75, 3.05) is 12.4 Å². The monoisotopic (exact) mass is 278 g/mol. The molecule has 0 aliphatic heterocycles. The van der Waals surface area contributed by atoms with Crippen molar-refractivity contribution in [1.82, 2.24) is 10.3 Å². The molecule has 0 aromatic carbocycles. The molecule has 2 rings (SSSR count). The standard InChI is InChI=1S/C13H18N4OS/c1-7(13(18)15-2)16-12-9(11(14)19)6-8-4-3-5-10(8)17-12/h6-7H,3-5H2,1-2H3,(H2,14,19)(H,15,18)(H,16,17). The Morgan fingerprint density at radius 2 is 2.26 bits per heavy atom. The smallest absolute Gasteiger partial charge is 0.241 e. The molecule has 1 aromatic heterocycles. The Bertz CT molecular complexity index is 530. The van der Waals surface area contributed by atoms with Crippen molar-refractivity contribution in [2.45, 2.75) is 32.2 Å². The normalized spacial score (nSPS) is 14.6. The van der Waals surface area contributed by atoms with E-state index in [4.69, 9.17) is 18.0 Å². The molecule has 1 aromatic rings. The van der Waals surface area contributed by atoms with E-state index in [1.807, 2.05) is 6.07 Å². The molecule has 1 atom stereocenters. The minimum Gasteiger partial charge on any atom is -0.389 e.